The van der Waals surface area contributed by atoms with Crippen LogP contribution in [-0.4, -0.2) is 42.8 Å². The third kappa shape index (κ3) is 3.71. The van der Waals surface area contributed by atoms with Crippen molar-refractivity contribution in [1.82, 2.24) is 23.8 Å². The van der Waals surface area contributed by atoms with Crippen molar-refractivity contribution in [3.05, 3.63) is 81.5 Å². The topological polar surface area (TPSA) is 96.3 Å². The van der Waals surface area contributed by atoms with Gasteiger partial charge in [-0.25, -0.2) is 4.98 Å². The molecular weight excluding hydrogens is 416 g/mol. The van der Waals surface area contributed by atoms with E-state index >= 15 is 0 Å². The molecule has 0 unspecified atom stereocenters. The van der Waals surface area contributed by atoms with Crippen molar-refractivity contribution in [2.75, 3.05) is 13.1 Å². The molecule has 1 aliphatic rings. The zero-order chi connectivity index (χ0) is 23.1. The zero-order valence-corrected chi connectivity index (χ0v) is 18.8. The quantitative estimate of drug-likeness (QED) is 0.494. The van der Waals surface area contributed by atoms with Crippen molar-refractivity contribution in [1.29, 1.82) is 5.41 Å². The molecule has 1 N–H and O–H groups in total. The van der Waals surface area contributed by atoms with E-state index in [-0.39, 0.29) is 29.1 Å². The van der Waals surface area contributed by atoms with Crippen LogP contribution in [0.4, 0.5) is 0 Å². The molecular formula is C25H26N6O2. The van der Waals surface area contributed by atoms with Gasteiger partial charge < -0.3 is 9.47 Å². The van der Waals surface area contributed by atoms with Crippen molar-refractivity contribution >= 4 is 22.6 Å². The summed E-state index contributed by atoms with van der Waals surface area (Å²) < 4.78 is 3.16. The Morgan fingerprint density at radius 1 is 1.18 bits per heavy atom. The third-order valence-corrected chi connectivity index (χ3v) is 6.50. The van der Waals surface area contributed by atoms with Crippen molar-refractivity contribution in [2.24, 2.45) is 5.92 Å². The number of nitrogens with zero attached hydrogens (tertiary/aromatic N) is 5. The number of likely N-dealkylation sites (tertiary alicyclic amines) is 1. The summed E-state index contributed by atoms with van der Waals surface area (Å²) in [6.45, 7) is 5.70. The largest absolute Gasteiger partial charge is 0.339 e. The van der Waals surface area contributed by atoms with Gasteiger partial charge in [0.2, 0.25) is 0 Å². The Bertz CT molecular complexity index is 1480. The second-order valence-electron chi connectivity index (χ2n) is 8.87. The minimum atomic E-state index is -0.250. The van der Waals surface area contributed by atoms with Crippen molar-refractivity contribution in [3.8, 4) is 0 Å². The van der Waals surface area contributed by atoms with Crippen LogP contribution in [0, 0.1) is 18.3 Å². The minimum Gasteiger partial charge on any atom is -0.339 e. The van der Waals surface area contributed by atoms with Gasteiger partial charge in [0.25, 0.3) is 11.5 Å². The number of carbonyl (C=O) groups excluding carboxylic acids is 1. The molecule has 33 heavy (non-hydrogen) atoms. The van der Waals surface area contributed by atoms with Gasteiger partial charge in [-0.05, 0) is 55.0 Å². The van der Waals surface area contributed by atoms with Crippen molar-refractivity contribution < 1.29 is 4.79 Å². The van der Waals surface area contributed by atoms with Gasteiger partial charge >= 0.3 is 0 Å². The van der Waals surface area contributed by atoms with Gasteiger partial charge in [0.15, 0.2) is 0 Å². The van der Waals surface area contributed by atoms with Crippen LogP contribution in [0.1, 0.15) is 41.3 Å². The fourth-order valence-electron chi connectivity index (χ4n) is 4.47. The van der Waals surface area contributed by atoms with E-state index < -0.39 is 0 Å². The SMILES string of the molecule is Cc1cccn2c(=O)c3cc(C(=O)N4CCC(C)CC4)c(=N)n(Cc4cccnc4)c3nc12. The first-order valence-electron chi connectivity index (χ1n) is 11.2. The Hall–Kier alpha value is -3.81. The van der Waals surface area contributed by atoms with Gasteiger partial charge in [-0.3, -0.25) is 24.4 Å². The second-order valence-corrected chi connectivity index (χ2v) is 8.87. The van der Waals surface area contributed by atoms with Crippen LogP contribution in [0.2, 0.25) is 0 Å². The fourth-order valence-corrected chi connectivity index (χ4v) is 4.47. The number of pyridine rings is 3. The van der Waals surface area contributed by atoms with Crippen LogP contribution in [0.15, 0.2) is 53.7 Å². The Kier molecular flexibility index (Phi) is 5.28. The lowest BCUT2D eigenvalue weighted by molar-refractivity contribution is 0.0694. The highest BCUT2D eigenvalue weighted by Gasteiger charge is 2.25. The molecule has 0 saturated carbocycles. The van der Waals surface area contributed by atoms with E-state index in [9.17, 15) is 9.59 Å². The number of aromatic nitrogens is 4. The molecule has 0 bridgehead atoms. The molecule has 0 atom stereocenters. The summed E-state index contributed by atoms with van der Waals surface area (Å²) >= 11 is 0. The number of carbonyl (C=O) groups is 1. The summed E-state index contributed by atoms with van der Waals surface area (Å²) in [5.41, 5.74) is 2.69. The average molecular weight is 443 g/mol. The number of amides is 1. The predicted molar refractivity (Wildman–Crippen MR) is 125 cm³/mol. The third-order valence-electron chi connectivity index (χ3n) is 6.50. The zero-order valence-electron chi connectivity index (χ0n) is 18.8. The standard InChI is InChI=1S/C25H26N6O2/c1-16-7-11-29(12-8-16)24(32)19-13-20-23(28-22-17(2)5-4-10-30(22)25(20)33)31(21(19)26)15-18-6-3-9-27-14-18/h3-6,9-10,13-14,16,26H,7-8,11-12,15H2,1-2H3. The monoisotopic (exact) mass is 442 g/mol. The first-order valence-corrected chi connectivity index (χ1v) is 11.2. The number of rotatable bonds is 3. The molecule has 168 valence electrons. The van der Waals surface area contributed by atoms with Crippen LogP contribution in [0.5, 0.6) is 0 Å². The van der Waals surface area contributed by atoms with E-state index in [2.05, 4.69) is 11.9 Å². The summed E-state index contributed by atoms with van der Waals surface area (Å²) in [5.74, 6) is 0.377. The molecule has 4 aromatic heterocycles. The first kappa shape index (κ1) is 21.1. The Morgan fingerprint density at radius 2 is 1.97 bits per heavy atom. The molecule has 8 heteroatoms. The van der Waals surface area contributed by atoms with Crippen LogP contribution < -0.4 is 11.0 Å². The molecule has 0 aromatic carbocycles. The van der Waals surface area contributed by atoms with Gasteiger partial charge in [0, 0.05) is 31.7 Å². The molecule has 0 radical (unpaired) electrons. The van der Waals surface area contributed by atoms with Crippen LogP contribution in [0.25, 0.3) is 16.7 Å². The summed E-state index contributed by atoms with van der Waals surface area (Å²) in [4.78, 5) is 37.7. The van der Waals surface area contributed by atoms with Gasteiger partial charge in [0.05, 0.1) is 17.5 Å². The summed E-state index contributed by atoms with van der Waals surface area (Å²) in [5, 5.41) is 9.27. The molecule has 0 spiro atoms. The van der Waals surface area contributed by atoms with Crippen LogP contribution in [0.3, 0.4) is 0 Å². The number of fused-ring (bicyclic) bond motifs is 2. The van der Waals surface area contributed by atoms with E-state index in [1.165, 1.54) is 4.40 Å². The van der Waals surface area contributed by atoms with E-state index in [4.69, 9.17) is 10.4 Å². The van der Waals surface area contributed by atoms with Gasteiger partial charge in [-0.2, -0.15) is 0 Å². The second kappa shape index (κ2) is 8.27. The number of hydrogen-bond acceptors (Lipinski definition) is 5. The van der Waals surface area contributed by atoms with E-state index in [0.29, 0.717) is 35.7 Å². The Morgan fingerprint density at radius 3 is 2.70 bits per heavy atom. The molecule has 1 fully saturated rings. The summed E-state index contributed by atoms with van der Waals surface area (Å²) in [6, 6.07) is 9.00. The van der Waals surface area contributed by atoms with E-state index in [1.54, 1.807) is 40.2 Å². The molecule has 1 saturated heterocycles. The lowest BCUT2D eigenvalue weighted by atomic mass is 9.98. The fraction of sp³-hybridized carbons (Fsp3) is 0.320. The van der Waals surface area contributed by atoms with E-state index in [0.717, 1.165) is 24.0 Å². The van der Waals surface area contributed by atoms with E-state index in [1.807, 2.05) is 25.1 Å². The van der Waals surface area contributed by atoms with Crippen molar-refractivity contribution in [2.45, 2.75) is 33.2 Å². The molecule has 8 nitrogen and oxygen atoms in total. The Labute approximate surface area is 190 Å². The predicted octanol–water partition coefficient (Wildman–Crippen LogP) is 2.75. The highest BCUT2D eigenvalue weighted by molar-refractivity contribution is 5.97. The lowest BCUT2D eigenvalue weighted by Gasteiger charge is -2.30. The highest BCUT2D eigenvalue weighted by Crippen LogP contribution is 2.19. The first-order chi connectivity index (χ1) is 15.9. The normalized spacial score (nSPS) is 14.8. The smallest absolute Gasteiger partial charge is 0.267 e. The number of nitrogens with one attached hydrogen (secondary N) is 1. The van der Waals surface area contributed by atoms with Crippen LogP contribution >= 0.6 is 0 Å². The Balaban J connectivity index is 1.76. The highest BCUT2D eigenvalue weighted by atomic mass is 16.2. The maximum atomic E-state index is 13.5. The maximum absolute atomic E-state index is 13.5. The lowest BCUT2D eigenvalue weighted by Crippen LogP contribution is -2.41. The van der Waals surface area contributed by atoms with Gasteiger partial charge in [0.1, 0.15) is 16.8 Å². The number of piperidine rings is 1. The summed E-state index contributed by atoms with van der Waals surface area (Å²) in [6.07, 6.45) is 6.97. The molecule has 1 aliphatic heterocycles. The van der Waals surface area contributed by atoms with Crippen LogP contribution in [-0.2, 0) is 6.54 Å². The van der Waals surface area contributed by atoms with Gasteiger partial charge in [-0.1, -0.05) is 19.1 Å². The van der Waals surface area contributed by atoms with Crippen molar-refractivity contribution in [3.63, 3.8) is 0 Å². The molecule has 5 heterocycles. The molecule has 0 aliphatic carbocycles. The average Bonchev–Trinajstić information content (AvgIpc) is 2.82. The summed E-state index contributed by atoms with van der Waals surface area (Å²) in [7, 11) is 0. The molecule has 5 rings (SSSR count). The van der Waals surface area contributed by atoms with Gasteiger partial charge in [-0.15, -0.1) is 0 Å². The maximum Gasteiger partial charge on any atom is 0.267 e. The molecule has 4 aromatic rings. The number of aryl methyl sites for hydroxylation is 1. The minimum absolute atomic E-state index is 0.0554. The molecule has 1 amide bonds. The number of hydrogen-bond donors (Lipinski definition) is 1.